The fraction of sp³-hybridized carbons (Fsp3) is 0.640. The highest BCUT2D eigenvalue weighted by Gasteiger charge is 2.39. The number of hydrogen-bond acceptors (Lipinski definition) is 5. The highest BCUT2D eigenvalue weighted by molar-refractivity contribution is 7.89. The van der Waals surface area contributed by atoms with Crippen LogP contribution in [0.5, 0.6) is 5.75 Å². The highest BCUT2D eigenvalue weighted by Crippen LogP contribution is 2.34. The first-order chi connectivity index (χ1) is 15.7. The predicted molar refractivity (Wildman–Crippen MR) is 127 cm³/mol. The third-order valence-electron chi connectivity index (χ3n) is 6.56. The minimum absolute atomic E-state index is 0.0636. The summed E-state index contributed by atoms with van der Waals surface area (Å²) < 4.78 is 34.7. The van der Waals surface area contributed by atoms with E-state index in [0.29, 0.717) is 12.1 Å². The average molecular weight is 477 g/mol. The molecule has 1 saturated carbocycles. The number of ether oxygens (including phenoxy) is 1. The van der Waals surface area contributed by atoms with Crippen molar-refractivity contribution in [3.8, 4) is 17.6 Å². The Hall–Kier alpha value is -2.08. The molecule has 1 N–H and O–H groups in total. The molecule has 182 valence electrons. The summed E-state index contributed by atoms with van der Waals surface area (Å²) in [4.78, 5) is 14.5. The van der Waals surface area contributed by atoms with Crippen molar-refractivity contribution in [2.75, 3.05) is 26.7 Å². The molecule has 0 saturated heterocycles. The number of aliphatic hydroxyl groups excluding tert-OH is 1. The standard InChI is InChI=1S/C25H36N2O5S/c1-5-6-7-9-20-12-13-24-22(14-20)32-23(16-26(4)25(29)21-10-8-11-21)18(2)15-27(19(3)17-28)33(24,30)31/h12-14,18-19,21,23,28H,5-6,8,10-11,15-17H2,1-4H3/t18-,19+,23+/m1/s1. The quantitative estimate of drug-likeness (QED) is 0.638. The molecule has 0 bridgehead atoms. The Balaban J connectivity index is 1.99. The van der Waals surface area contributed by atoms with Gasteiger partial charge in [0, 0.05) is 43.5 Å². The topological polar surface area (TPSA) is 87.2 Å². The Morgan fingerprint density at radius 3 is 2.70 bits per heavy atom. The van der Waals surface area contributed by atoms with E-state index in [4.69, 9.17) is 4.74 Å². The minimum Gasteiger partial charge on any atom is -0.487 e. The molecule has 1 aromatic carbocycles. The maximum absolute atomic E-state index is 13.5. The monoisotopic (exact) mass is 476 g/mol. The van der Waals surface area contributed by atoms with E-state index in [0.717, 1.165) is 32.1 Å². The van der Waals surface area contributed by atoms with Gasteiger partial charge in [0.15, 0.2) is 0 Å². The summed E-state index contributed by atoms with van der Waals surface area (Å²) in [5.41, 5.74) is 0.685. The fourth-order valence-electron chi connectivity index (χ4n) is 4.14. The summed E-state index contributed by atoms with van der Waals surface area (Å²) in [5, 5.41) is 9.75. The van der Waals surface area contributed by atoms with Gasteiger partial charge in [-0.3, -0.25) is 4.79 Å². The van der Waals surface area contributed by atoms with Gasteiger partial charge in [-0.2, -0.15) is 4.31 Å². The number of aliphatic hydroxyl groups is 1. The van der Waals surface area contributed by atoms with Gasteiger partial charge in [-0.05, 0) is 44.4 Å². The molecular formula is C25H36N2O5S. The molecule has 0 spiro atoms. The molecule has 3 rings (SSSR count). The summed E-state index contributed by atoms with van der Waals surface area (Å²) in [6.07, 6.45) is 4.23. The van der Waals surface area contributed by atoms with E-state index in [1.807, 2.05) is 6.92 Å². The molecule has 2 aliphatic rings. The molecule has 0 unspecified atom stereocenters. The molecule has 7 nitrogen and oxygen atoms in total. The molecule has 33 heavy (non-hydrogen) atoms. The molecule has 0 radical (unpaired) electrons. The zero-order valence-electron chi connectivity index (χ0n) is 20.1. The van der Waals surface area contributed by atoms with E-state index in [9.17, 15) is 18.3 Å². The van der Waals surface area contributed by atoms with Gasteiger partial charge < -0.3 is 14.7 Å². The SMILES string of the molecule is CCCC#Cc1ccc2c(c1)O[C@@H](CN(C)C(=O)C1CCC1)[C@H](C)CN([C@@H](C)CO)S2(=O)=O. The molecule has 1 aromatic rings. The Bertz CT molecular complexity index is 1010. The summed E-state index contributed by atoms with van der Waals surface area (Å²) in [6.45, 7) is 5.94. The summed E-state index contributed by atoms with van der Waals surface area (Å²) in [7, 11) is -2.10. The minimum atomic E-state index is -3.89. The third-order valence-corrected chi connectivity index (χ3v) is 8.58. The van der Waals surface area contributed by atoms with Gasteiger partial charge in [0.25, 0.3) is 0 Å². The lowest BCUT2D eigenvalue weighted by atomic mass is 9.84. The Kier molecular flexibility index (Phi) is 8.43. The van der Waals surface area contributed by atoms with Crippen LogP contribution >= 0.6 is 0 Å². The summed E-state index contributed by atoms with van der Waals surface area (Å²) in [5.74, 6) is 6.40. The Morgan fingerprint density at radius 1 is 1.36 bits per heavy atom. The predicted octanol–water partition coefficient (Wildman–Crippen LogP) is 2.87. The van der Waals surface area contributed by atoms with Crippen LogP contribution in [0.15, 0.2) is 23.1 Å². The second-order valence-electron chi connectivity index (χ2n) is 9.30. The first-order valence-electron chi connectivity index (χ1n) is 11.9. The number of nitrogens with zero attached hydrogens (tertiary/aromatic N) is 2. The van der Waals surface area contributed by atoms with Crippen molar-refractivity contribution in [3.63, 3.8) is 0 Å². The van der Waals surface area contributed by atoms with Crippen LogP contribution in [0.4, 0.5) is 0 Å². The number of likely N-dealkylation sites (N-methyl/N-ethyl adjacent to an activating group) is 1. The van der Waals surface area contributed by atoms with Gasteiger partial charge in [0.1, 0.15) is 16.7 Å². The smallest absolute Gasteiger partial charge is 0.247 e. The first-order valence-corrected chi connectivity index (χ1v) is 13.3. The van der Waals surface area contributed by atoms with Crippen molar-refractivity contribution in [1.82, 2.24) is 9.21 Å². The lowest BCUT2D eigenvalue weighted by molar-refractivity contribution is -0.138. The van der Waals surface area contributed by atoms with Crippen LogP contribution in [-0.2, 0) is 14.8 Å². The first kappa shape index (κ1) is 25.5. The number of carbonyl (C=O) groups excluding carboxylic acids is 1. The van der Waals surface area contributed by atoms with Gasteiger partial charge >= 0.3 is 0 Å². The molecule has 3 atom stereocenters. The molecule has 1 amide bonds. The van der Waals surface area contributed by atoms with Crippen molar-refractivity contribution in [2.45, 2.75) is 69.9 Å². The zero-order chi connectivity index (χ0) is 24.2. The lowest BCUT2D eigenvalue weighted by Gasteiger charge is -2.38. The number of hydrogen-bond donors (Lipinski definition) is 1. The second kappa shape index (κ2) is 10.9. The van der Waals surface area contributed by atoms with Crippen molar-refractivity contribution >= 4 is 15.9 Å². The number of unbranched alkanes of at least 4 members (excludes halogenated alkanes) is 1. The van der Waals surface area contributed by atoms with Crippen LogP contribution in [0.2, 0.25) is 0 Å². The normalized spacial score (nSPS) is 23.5. The third kappa shape index (κ3) is 5.71. The van der Waals surface area contributed by atoms with Crippen LogP contribution in [0.3, 0.4) is 0 Å². The van der Waals surface area contributed by atoms with E-state index in [1.165, 1.54) is 10.4 Å². The number of rotatable bonds is 6. The Morgan fingerprint density at radius 2 is 2.09 bits per heavy atom. The van der Waals surface area contributed by atoms with Gasteiger partial charge in [-0.15, -0.1) is 0 Å². The molecule has 1 aliphatic heterocycles. The van der Waals surface area contributed by atoms with Crippen LogP contribution in [0.1, 0.15) is 58.4 Å². The largest absolute Gasteiger partial charge is 0.487 e. The molecule has 0 aromatic heterocycles. The highest BCUT2D eigenvalue weighted by atomic mass is 32.2. The number of benzene rings is 1. The number of carbonyl (C=O) groups is 1. The van der Waals surface area contributed by atoms with Gasteiger partial charge in [-0.1, -0.05) is 32.1 Å². The van der Waals surface area contributed by atoms with E-state index < -0.39 is 22.2 Å². The number of sulfonamides is 1. The van der Waals surface area contributed by atoms with E-state index in [-0.39, 0.29) is 41.5 Å². The maximum atomic E-state index is 13.5. The van der Waals surface area contributed by atoms with E-state index in [2.05, 4.69) is 18.8 Å². The van der Waals surface area contributed by atoms with E-state index >= 15 is 0 Å². The fourth-order valence-corrected chi connectivity index (χ4v) is 5.96. The Labute approximate surface area is 198 Å². The maximum Gasteiger partial charge on any atom is 0.247 e. The van der Waals surface area contributed by atoms with Crippen LogP contribution < -0.4 is 4.74 Å². The summed E-state index contributed by atoms with van der Waals surface area (Å²) >= 11 is 0. The molecule has 1 heterocycles. The van der Waals surface area contributed by atoms with Crippen LogP contribution in [0.25, 0.3) is 0 Å². The average Bonchev–Trinajstić information content (AvgIpc) is 2.74. The zero-order valence-corrected chi connectivity index (χ0v) is 20.9. The molecule has 1 aliphatic carbocycles. The van der Waals surface area contributed by atoms with Crippen molar-refractivity contribution in [3.05, 3.63) is 23.8 Å². The number of fused-ring (bicyclic) bond motifs is 1. The van der Waals surface area contributed by atoms with Crippen LogP contribution in [-0.4, -0.2) is 67.5 Å². The molecular weight excluding hydrogens is 440 g/mol. The van der Waals surface area contributed by atoms with Gasteiger partial charge in [-0.25, -0.2) is 8.42 Å². The van der Waals surface area contributed by atoms with E-state index in [1.54, 1.807) is 31.0 Å². The lowest BCUT2D eigenvalue weighted by Crippen LogP contribution is -2.50. The second-order valence-corrected chi connectivity index (χ2v) is 11.2. The number of amides is 1. The molecule has 1 fully saturated rings. The van der Waals surface area contributed by atoms with Gasteiger partial charge in [0.05, 0.1) is 13.2 Å². The van der Waals surface area contributed by atoms with Crippen molar-refractivity contribution < 1.29 is 23.1 Å². The van der Waals surface area contributed by atoms with Crippen LogP contribution in [0, 0.1) is 23.7 Å². The summed E-state index contributed by atoms with van der Waals surface area (Å²) in [6, 6.07) is 4.32. The molecule has 8 heteroatoms. The van der Waals surface area contributed by atoms with Crippen molar-refractivity contribution in [2.24, 2.45) is 11.8 Å². The van der Waals surface area contributed by atoms with Gasteiger partial charge in [0.2, 0.25) is 15.9 Å². The van der Waals surface area contributed by atoms with Crippen molar-refractivity contribution in [1.29, 1.82) is 0 Å².